The van der Waals surface area contributed by atoms with E-state index in [4.69, 9.17) is 9.73 Å². The maximum Gasteiger partial charge on any atom is 0.191 e. The molecule has 2 aliphatic heterocycles. The summed E-state index contributed by atoms with van der Waals surface area (Å²) in [6.45, 7) is 7.98. The Kier molecular flexibility index (Phi) is 7.54. The molecule has 3 unspecified atom stereocenters. The second-order valence-corrected chi connectivity index (χ2v) is 6.76. The number of aryl methyl sites for hydroxylation is 2. The number of nitrogens with zero attached hydrogens (tertiary/aromatic N) is 3. The molecule has 6 nitrogen and oxygen atoms in total. The van der Waals surface area contributed by atoms with E-state index < -0.39 is 0 Å². The van der Waals surface area contributed by atoms with Gasteiger partial charge in [0.2, 0.25) is 0 Å². The molecule has 1 aromatic rings. The molecule has 2 aliphatic rings. The van der Waals surface area contributed by atoms with Crippen LogP contribution < -0.4 is 10.6 Å². The molecule has 3 atom stereocenters. The fourth-order valence-electron chi connectivity index (χ4n) is 4.02. The summed E-state index contributed by atoms with van der Waals surface area (Å²) < 4.78 is 7.95. The average molecular weight is 461 g/mol. The maximum atomic E-state index is 5.94. The van der Waals surface area contributed by atoms with Crippen LogP contribution in [0, 0.1) is 0 Å². The van der Waals surface area contributed by atoms with E-state index >= 15 is 0 Å². The van der Waals surface area contributed by atoms with E-state index in [1.54, 1.807) is 0 Å². The topological polar surface area (TPSA) is 63.5 Å². The molecule has 25 heavy (non-hydrogen) atoms. The third kappa shape index (κ3) is 4.48. The van der Waals surface area contributed by atoms with Crippen molar-refractivity contribution in [3.63, 3.8) is 0 Å². The lowest BCUT2D eigenvalue weighted by Crippen LogP contribution is -2.47. The summed E-state index contributed by atoms with van der Waals surface area (Å²) in [6.07, 6.45) is 6.22. The van der Waals surface area contributed by atoms with Gasteiger partial charge in [0, 0.05) is 24.8 Å². The van der Waals surface area contributed by atoms with Gasteiger partial charge in [-0.3, -0.25) is 4.68 Å². The molecule has 3 heterocycles. The van der Waals surface area contributed by atoms with Gasteiger partial charge in [-0.15, -0.1) is 24.0 Å². The zero-order chi connectivity index (χ0) is 17.1. The summed E-state index contributed by atoms with van der Waals surface area (Å²) in [5.41, 5.74) is 3.73. The van der Waals surface area contributed by atoms with Crippen molar-refractivity contribution in [2.75, 3.05) is 6.54 Å². The van der Waals surface area contributed by atoms with E-state index in [1.807, 2.05) is 11.7 Å². The normalized spacial score (nSPS) is 25.1. The average Bonchev–Trinajstić information content (AvgIpc) is 3.26. The van der Waals surface area contributed by atoms with Crippen molar-refractivity contribution >= 4 is 29.9 Å². The molecule has 3 rings (SSSR count). The molecular weight excluding hydrogens is 429 g/mol. The molecule has 142 valence electrons. The van der Waals surface area contributed by atoms with Crippen LogP contribution in [-0.2, 0) is 31.2 Å². The Balaban J connectivity index is 0.00000225. The number of guanidine groups is 1. The molecule has 2 fully saturated rings. The van der Waals surface area contributed by atoms with Crippen molar-refractivity contribution in [1.82, 2.24) is 20.4 Å². The second kappa shape index (κ2) is 9.21. The number of fused-ring (bicyclic) bond motifs is 2. The zero-order valence-corrected chi connectivity index (χ0v) is 18.2. The highest BCUT2D eigenvalue weighted by Gasteiger charge is 2.41. The lowest BCUT2D eigenvalue weighted by atomic mass is 9.96. The first-order valence-corrected chi connectivity index (χ1v) is 9.40. The molecule has 2 bridgehead atoms. The number of aromatic nitrogens is 2. The highest BCUT2D eigenvalue weighted by molar-refractivity contribution is 14.0. The van der Waals surface area contributed by atoms with Gasteiger partial charge in [0.25, 0.3) is 0 Å². The minimum absolute atomic E-state index is 0. The predicted molar refractivity (Wildman–Crippen MR) is 112 cm³/mol. The number of nitrogens with one attached hydrogen (secondary N) is 2. The van der Waals surface area contributed by atoms with Crippen LogP contribution in [0.15, 0.2) is 4.99 Å². The van der Waals surface area contributed by atoms with E-state index in [1.165, 1.54) is 24.1 Å². The minimum atomic E-state index is 0. The molecule has 7 heteroatoms. The van der Waals surface area contributed by atoms with Gasteiger partial charge in [-0.2, -0.15) is 5.10 Å². The first-order chi connectivity index (χ1) is 11.7. The molecule has 0 aromatic carbocycles. The standard InChI is InChI=1S/C18H31N5O.HI/c1-5-14-13(16(6-2)23(4)22-14)11-20-18(19-7-3)21-15-10-12-8-9-17(15)24-12;/h12,15,17H,5-11H2,1-4H3,(H2,19,20,21);1H. The van der Waals surface area contributed by atoms with Crippen molar-refractivity contribution in [1.29, 1.82) is 0 Å². The Labute approximate surface area is 168 Å². The van der Waals surface area contributed by atoms with Gasteiger partial charge in [0.1, 0.15) is 0 Å². The van der Waals surface area contributed by atoms with Crippen LogP contribution in [0.2, 0.25) is 0 Å². The number of aliphatic imine (C=N–C) groups is 1. The van der Waals surface area contributed by atoms with Crippen molar-refractivity contribution in [2.45, 2.75) is 77.7 Å². The van der Waals surface area contributed by atoms with E-state index in [9.17, 15) is 0 Å². The first-order valence-electron chi connectivity index (χ1n) is 9.40. The molecule has 0 aliphatic carbocycles. The van der Waals surface area contributed by atoms with E-state index in [-0.39, 0.29) is 24.0 Å². The Morgan fingerprint density at radius 1 is 1.28 bits per heavy atom. The number of ether oxygens (including phenoxy) is 1. The molecule has 1 aromatic heterocycles. The lowest BCUT2D eigenvalue weighted by molar-refractivity contribution is 0.0992. The first kappa shape index (κ1) is 20.5. The molecule has 0 amide bonds. The summed E-state index contributed by atoms with van der Waals surface area (Å²) in [5.74, 6) is 0.895. The third-order valence-electron chi connectivity index (χ3n) is 5.20. The van der Waals surface area contributed by atoms with Crippen LogP contribution in [0.4, 0.5) is 0 Å². The monoisotopic (exact) mass is 461 g/mol. The number of hydrogen-bond donors (Lipinski definition) is 2. The summed E-state index contributed by atoms with van der Waals surface area (Å²) in [6, 6.07) is 0.395. The Hall–Kier alpha value is -0.830. The van der Waals surface area contributed by atoms with Gasteiger partial charge in [0.05, 0.1) is 30.5 Å². The van der Waals surface area contributed by atoms with Crippen LogP contribution in [0.5, 0.6) is 0 Å². The quantitative estimate of drug-likeness (QED) is 0.389. The fraction of sp³-hybridized carbons (Fsp3) is 0.778. The molecule has 2 saturated heterocycles. The Bertz CT molecular complexity index is 601. The molecule has 0 spiro atoms. The van der Waals surface area contributed by atoms with Crippen LogP contribution >= 0.6 is 24.0 Å². The van der Waals surface area contributed by atoms with Crippen molar-refractivity contribution in [3.8, 4) is 0 Å². The van der Waals surface area contributed by atoms with E-state index in [2.05, 4.69) is 36.5 Å². The SMILES string of the molecule is CCNC(=NCc1c(CC)nn(C)c1CC)NC1CC2CCC1O2.I. The van der Waals surface area contributed by atoms with Crippen LogP contribution in [0.1, 0.15) is 57.0 Å². The Morgan fingerprint density at radius 3 is 2.64 bits per heavy atom. The molecular formula is C18H32IN5O. The van der Waals surface area contributed by atoms with Crippen LogP contribution in [0.25, 0.3) is 0 Å². The summed E-state index contributed by atoms with van der Waals surface area (Å²) >= 11 is 0. The van der Waals surface area contributed by atoms with E-state index in [0.29, 0.717) is 24.8 Å². The maximum absolute atomic E-state index is 5.94. The largest absolute Gasteiger partial charge is 0.373 e. The second-order valence-electron chi connectivity index (χ2n) is 6.76. The highest BCUT2D eigenvalue weighted by atomic mass is 127. The van der Waals surface area contributed by atoms with Gasteiger partial charge in [-0.05, 0) is 39.0 Å². The lowest BCUT2D eigenvalue weighted by Gasteiger charge is -2.22. The fourth-order valence-corrected chi connectivity index (χ4v) is 4.02. The number of rotatable bonds is 6. The van der Waals surface area contributed by atoms with Gasteiger partial charge in [-0.25, -0.2) is 4.99 Å². The third-order valence-corrected chi connectivity index (χ3v) is 5.20. The summed E-state index contributed by atoms with van der Waals surface area (Å²) in [4.78, 5) is 4.85. The van der Waals surface area contributed by atoms with Crippen molar-refractivity contribution in [2.24, 2.45) is 12.0 Å². The van der Waals surface area contributed by atoms with Crippen LogP contribution in [-0.4, -0.2) is 40.5 Å². The highest BCUT2D eigenvalue weighted by Crippen LogP contribution is 2.34. The zero-order valence-electron chi connectivity index (χ0n) is 15.8. The van der Waals surface area contributed by atoms with Crippen molar-refractivity contribution < 1.29 is 4.74 Å². The molecule has 0 radical (unpaired) electrons. The van der Waals surface area contributed by atoms with Gasteiger partial charge in [-0.1, -0.05) is 13.8 Å². The van der Waals surface area contributed by atoms with Gasteiger partial charge in [0.15, 0.2) is 5.96 Å². The van der Waals surface area contributed by atoms with Gasteiger partial charge < -0.3 is 15.4 Å². The predicted octanol–water partition coefficient (Wildman–Crippen LogP) is 2.54. The van der Waals surface area contributed by atoms with Gasteiger partial charge >= 0.3 is 0 Å². The summed E-state index contributed by atoms with van der Waals surface area (Å²) in [5, 5.41) is 11.6. The molecule has 0 saturated carbocycles. The molecule has 2 N–H and O–H groups in total. The number of halogens is 1. The van der Waals surface area contributed by atoms with Crippen LogP contribution in [0.3, 0.4) is 0 Å². The smallest absolute Gasteiger partial charge is 0.191 e. The summed E-state index contributed by atoms with van der Waals surface area (Å²) in [7, 11) is 2.03. The minimum Gasteiger partial charge on any atom is -0.373 e. The van der Waals surface area contributed by atoms with E-state index in [0.717, 1.165) is 37.5 Å². The van der Waals surface area contributed by atoms with Crippen molar-refractivity contribution in [3.05, 3.63) is 17.0 Å². The Morgan fingerprint density at radius 2 is 2.08 bits per heavy atom. The number of hydrogen-bond acceptors (Lipinski definition) is 3.